The number of hydrogen-bond donors (Lipinski definition) is 1. The highest BCUT2D eigenvalue weighted by Gasteiger charge is 2.14. The van der Waals surface area contributed by atoms with Crippen LogP contribution < -0.4 is 15.0 Å². The minimum atomic E-state index is -0.207. The predicted molar refractivity (Wildman–Crippen MR) is 119 cm³/mol. The van der Waals surface area contributed by atoms with Gasteiger partial charge in [-0.25, -0.2) is 0 Å². The van der Waals surface area contributed by atoms with Gasteiger partial charge in [-0.05, 0) is 74.2 Å². The van der Waals surface area contributed by atoms with E-state index in [4.69, 9.17) is 4.74 Å². The molecule has 0 radical (unpaired) electrons. The van der Waals surface area contributed by atoms with Crippen molar-refractivity contribution in [3.05, 3.63) is 65.7 Å². The van der Waals surface area contributed by atoms with Crippen LogP contribution in [0.2, 0.25) is 0 Å². The molecule has 154 valence electrons. The fraction of sp³-hybridized carbons (Fsp3) is 0.292. The average molecular weight is 402 g/mol. The number of benzene rings is 2. The largest absolute Gasteiger partial charge is 0.484 e. The Bertz CT molecular complexity index is 1010. The number of carbonyl (C=O) groups excluding carboxylic acids is 1. The van der Waals surface area contributed by atoms with Crippen molar-refractivity contribution >= 4 is 17.4 Å². The number of rotatable bonds is 6. The maximum absolute atomic E-state index is 12.3. The van der Waals surface area contributed by atoms with Gasteiger partial charge in [0, 0.05) is 24.3 Å². The average Bonchev–Trinajstić information content (AvgIpc) is 3.27. The van der Waals surface area contributed by atoms with Gasteiger partial charge < -0.3 is 15.0 Å². The lowest BCUT2D eigenvalue weighted by atomic mass is 10.1. The third kappa shape index (κ3) is 4.95. The summed E-state index contributed by atoms with van der Waals surface area (Å²) >= 11 is 0. The van der Waals surface area contributed by atoms with Crippen LogP contribution >= 0.6 is 0 Å². The number of carbonyl (C=O) groups is 1. The van der Waals surface area contributed by atoms with Gasteiger partial charge in [-0.15, -0.1) is 10.2 Å². The van der Waals surface area contributed by atoms with Gasteiger partial charge in [0.15, 0.2) is 12.4 Å². The Morgan fingerprint density at radius 1 is 1.00 bits per heavy atom. The van der Waals surface area contributed by atoms with E-state index < -0.39 is 0 Å². The zero-order valence-electron chi connectivity index (χ0n) is 17.4. The van der Waals surface area contributed by atoms with E-state index in [1.165, 1.54) is 12.8 Å². The number of ether oxygens (including phenoxy) is 1. The summed E-state index contributed by atoms with van der Waals surface area (Å²) in [6.07, 6.45) is 2.41. The number of aromatic nitrogens is 2. The monoisotopic (exact) mass is 402 g/mol. The molecule has 1 fully saturated rings. The van der Waals surface area contributed by atoms with Gasteiger partial charge in [-0.3, -0.25) is 4.79 Å². The lowest BCUT2D eigenvalue weighted by molar-refractivity contribution is -0.118. The molecule has 2 heterocycles. The van der Waals surface area contributed by atoms with Crippen molar-refractivity contribution in [2.45, 2.75) is 26.7 Å². The molecule has 1 aliphatic rings. The number of nitrogens with zero attached hydrogens (tertiary/aromatic N) is 3. The van der Waals surface area contributed by atoms with Gasteiger partial charge in [-0.2, -0.15) is 0 Å². The molecular weight excluding hydrogens is 376 g/mol. The first-order valence-corrected chi connectivity index (χ1v) is 10.3. The van der Waals surface area contributed by atoms with E-state index in [2.05, 4.69) is 26.5 Å². The van der Waals surface area contributed by atoms with Gasteiger partial charge in [0.1, 0.15) is 5.75 Å². The van der Waals surface area contributed by atoms with Crippen molar-refractivity contribution in [2.75, 3.05) is 29.9 Å². The van der Waals surface area contributed by atoms with Crippen LogP contribution in [0.1, 0.15) is 24.0 Å². The van der Waals surface area contributed by atoms with Crippen LogP contribution in [0.4, 0.5) is 11.5 Å². The summed E-state index contributed by atoms with van der Waals surface area (Å²) in [6.45, 7) is 6.05. The molecule has 3 aromatic rings. The van der Waals surface area contributed by atoms with E-state index in [-0.39, 0.29) is 12.5 Å². The minimum Gasteiger partial charge on any atom is -0.484 e. The molecule has 1 aromatic heterocycles. The number of amides is 1. The molecule has 0 aliphatic carbocycles. The molecule has 0 unspecified atom stereocenters. The van der Waals surface area contributed by atoms with Crippen LogP contribution in [0.3, 0.4) is 0 Å². The Hall–Kier alpha value is -3.41. The molecule has 1 N–H and O–H groups in total. The molecule has 0 atom stereocenters. The van der Waals surface area contributed by atoms with Crippen LogP contribution in [0.15, 0.2) is 54.6 Å². The molecule has 0 spiro atoms. The molecule has 0 bridgehead atoms. The predicted octanol–water partition coefficient (Wildman–Crippen LogP) is 4.38. The summed E-state index contributed by atoms with van der Waals surface area (Å²) < 4.78 is 5.64. The molecule has 30 heavy (non-hydrogen) atoms. The Morgan fingerprint density at radius 3 is 2.47 bits per heavy atom. The van der Waals surface area contributed by atoms with Crippen LogP contribution in [0.25, 0.3) is 11.3 Å². The molecule has 1 aliphatic heterocycles. The van der Waals surface area contributed by atoms with Crippen LogP contribution in [-0.2, 0) is 4.79 Å². The van der Waals surface area contributed by atoms with E-state index >= 15 is 0 Å². The van der Waals surface area contributed by atoms with Crippen molar-refractivity contribution in [3.8, 4) is 17.0 Å². The lowest BCUT2D eigenvalue weighted by Gasteiger charge is -2.15. The van der Waals surface area contributed by atoms with E-state index in [0.717, 1.165) is 41.3 Å². The highest BCUT2D eigenvalue weighted by Crippen LogP contribution is 2.23. The fourth-order valence-electron chi connectivity index (χ4n) is 3.71. The minimum absolute atomic E-state index is 0.0442. The van der Waals surface area contributed by atoms with Crippen molar-refractivity contribution in [1.29, 1.82) is 0 Å². The molecule has 6 nitrogen and oxygen atoms in total. The highest BCUT2D eigenvalue weighted by atomic mass is 16.5. The Labute approximate surface area is 176 Å². The summed E-state index contributed by atoms with van der Waals surface area (Å²) in [5.41, 5.74) is 4.60. The van der Waals surface area contributed by atoms with Crippen LogP contribution in [0, 0.1) is 13.8 Å². The second-order valence-electron chi connectivity index (χ2n) is 7.71. The summed E-state index contributed by atoms with van der Waals surface area (Å²) in [6, 6.07) is 17.5. The fourth-order valence-corrected chi connectivity index (χ4v) is 3.71. The highest BCUT2D eigenvalue weighted by molar-refractivity contribution is 5.92. The topological polar surface area (TPSA) is 67.3 Å². The maximum Gasteiger partial charge on any atom is 0.262 e. The van der Waals surface area contributed by atoms with E-state index in [0.29, 0.717) is 11.4 Å². The second kappa shape index (κ2) is 8.95. The van der Waals surface area contributed by atoms with Gasteiger partial charge in [0.2, 0.25) is 0 Å². The van der Waals surface area contributed by atoms with Crippen LogP contribution in [0.5, 0.6) is 5.75 Å². The number of nitrogens with one attached hydrogen (secondary N) is 1. The zero-order valence-corrected chi connectivity index (χ0v) is 17.4. The molecule has 1 saturated heterocycles. The smallest absolute Gasteiger partial charge is 0.262 e. The molecule has 0 saturated carbocycles. The Balaban J connectivity index is 1.38. The van der Waals surface area contributed by atoms with Crippen molar-refractivity contribution in [3.63, 3.8) is 0 Å². The lowest BCUT2D eigenvalue weighted by Crippen LogP contribution is -2.20. The Kier molecular flexibility index (Phi) is 5.93. The summed E-state index contributed by atoms with van der Waals surface area (Å²) in [5.74, 6) is 1.41. The number of anilines is 2. The first-order chi connectivity index (χ1) is 14.6. The number of aryl methyl sites for hydroxylation is 2. The maximum atomic E-state index is 12.3. The van der Waals surface area contributed by atoms with Crippen molar-refractivity contribution in [1.82, 2.24) is 10.2 Å². The van der Waals surface area contributed by atoms with E-state index in [1.54, 1.807) is 0 Å². The molecule has 6 heteroatoms. The first kappa shape index (κ1) is 19.9. The van der Waals surface area contributed by atoms with Crippen molar-refractivity contribution in [2.24, 2.45) is 0 Å². The summed E-state index contributed by atoms with van der Waals surface area (Å²) in [5, 5.41) is 11.6. The summed E-state index contributed by atoms with van der Waals surface area (Å²) in [4.78, 5) is 14.6. The normalized spacial score (nSPS) is 13.3. The van der Waals surface area contributed by atoms with Gasteiger partial charge in [0.25, 0.3) is 5.91 Å². The van der Waals surface area contributed by atoms with Crippen LogP contribution in [-0.4, -0.2) is 35.8 Å². The standard InChI is InChI=1S/C24H26N4O2/c1-17-12-18(2)14-21(13-17)30-16-24(29)25-20-7-5-6-19(15-20)22-8-9-23(27-26-22)28-10-3-4-11-28/h5-9,12-15H,3-4,10-11,16H2,1-2H3,(H,25,29). The van der Waals surface area contributed by atoms with E-state index in [9.17, 15) is 4.79 Å². The third-order valence-electron chi connectivity index (χ3n) is 5.09. The third-order valence-corrected chi connectivity index (χ3v) is 5.09. The van der Waals surface area contributed by atoms with E-state index in [1.807, 2.05) is 62.4 Å². The molecule has 1 amide bonds. The molecule has 2 aromatic carbocycles. The Morgan fingerprint density at radius 2 is 1.77 bits per heavy atom. The SMILES string of the molecule is Cc1cc(C)cc(OCC(=O)Nc2cccc(-c3ccc(N4CCCC4)nn3)c2)c1. The quantitative estimate of drug-likeness (QED) is 0.663. The summed E-state index contributed by atoms with van der Waals surface area (Å²) in [7, 11) is 0. The van der Waals surface area contributed by atoms with Gasteiger partial charge in [-0.1, -0.05) is 18.2 Å². The number of hydrogen-bond acceptors (Lipinski definition) is 5. The van der Waals surface area contributed by atoms with Gasteiger partial charge in [0.05, 0.1) is 5.69 Å². The second-order valence-corrected chi connectivity index (χ2v) is 7.71. The van der Waals surface area contributed by atoms with Crippen molar-refractivity contribution < 1.29 is 9.53 Å². The van der Waals surface area contributed by atoms with Gasteiger partial charge >= 0.3 is 0 Å². The molecular formula is C24H26N4O2. The first-order valence-electron chi connectivity index (χ1n) is 10.3. The molecule has 4 rings (SSSR count). The zero-order chi connectivity index (χ0) is 20.9.